The van der Waals surface area contributed by atoms with E-state index in [0.29, 0.717) is 12.6 Å². The Morgan fingerprint density at radius 3 is 2.50 bits per heavy atom. The standard InChI is InChI=1S/C18H26N2O2/c21-12-11-20(16-9-10-16)18(22)19-17(13-14-5-4-6-14)15-7-2-1-3-8-15/h1-3,7-8,14,16-17,21H,4-6,9-13H2,(H,19,22). The monoisotopic (exact) mass is 302 g/mol. The van der Waals surface area contributed by atoms with Gasteiger partial charge >= 0.3 is 6.03 Å². The van der Waals surface area contributed by atoms with Gasteiger partial charge < -0.3 is 15.3 Å². The molecule has 1 atom stereocenters. The van der Waals surface area contributed by atoms with Gasteiger partial charge in [-0.1, -0.05) is 49.6 Å². The Morgan fingerprint density at radius 2 is 1.95 bits per heavy atom. The molecule has 3 rings (SSSR count). The van der Waals surface area contributed by atoms with Gasteiger partial charge in [-0.05, 0) is 30.7 Å². The highest BCUT2D eigenvalue weighted by molar-refractivity contribution is 5.75. The molecule has 120 valence electrons. The fourth-order valence-electron chi connectivity index (χ4n) is 3.20. The number of hydrogen-bond donors (Lipinski definition) is 2. The summed E-state index contributed by atoms with van der Waals surface area (Å²) in [5.41, 5.74) is 1.18. The number of aliphatic hydroxyl groups is 1. The number of nitrogens with zero attached hydrogens (tertiary/aromatic N) is 1. The second kappa shape index (κ2) is 7.14. The molecule has 0 spiro atoms. The van der Waals surface area contributed by atoms with E-state index in [-0.39, 0.29) is 18.7 Å². The molecular weight excluding hydrogens is 276 g/mol. The van der Waals surface area contributed by atoms with E-state index >= 15 is 0 Å². The van der Waals surface area contributed by atoms with Crippen molar-refractivity contribution in [2.24, 2.45) is 5.92 Å². The van der Waals surface area contributed by atoms with Crippen LogP contribution in [0.2, 0.25) is 0 Å². The molecule has 2 N–H and O–H groups in total. The highest BCUT2D eigenvalue weighted by Crippen LogP contribution is 2.35. The minimum Gasteiger partial charge on any atom is -0.395 e. The Labute approximate surface area is 132 Å². The molecule has 0 bridgehead atoms. The average molecular weight is 302 g/mol. The summed E-state index contributed by atoms with van der Waals surface area (Å²) in [6, 6.07) is 10.6. The molecule has 2 fully saturated rings. The van der Waals surface area contributed by atoms with E-state index < -0.39 is 0 Å². The zero-order valence-electron chi connectivity index (χ0n) is 13.1. The Morgan fingerprint density at radius 1 is 1.23 bits per heavy atom. The maximum atomic E-state index is 12.6. The van der Waals surface area contributed by atoms with Gasteiger partial charge in [-0.25, -0.2) is 4.79 Å². The minimum absolute atomic E-state index is 0.0234. The summed E-state index contributed by atoms with van der Waals surface area (Å²) < 4.78 is 0. The van der Waals surface area contributed by atoms with Gasteiger partial charge in [0, 0.05) is 12.6 Å². The van der Waals surface area contributed by atoms with Gasteiger partial charge in [0.1, 0.15) is 0 Å². The third kappa shape index (κ3) is 3.80. The molecule has 0 aliphatic heterocycles. The molecule has 0 aromatic heterocycles. The van der Waals surface area contributed by atoms with Crippen molar-refractivity contribution in [3.8, 4) is 0 Å². The van der Waals surface area contributed by atoms with E-state index in [1.807, 2.05) is 18.2 Å². The van der Waals surface area contributed by atoms with Gasteiger partial charge in [0.25, 0.3) is 0 Å². The molecule has 4 heteroatoms. The summed E-state index contributed by atoms with van der Waals surface area (Å²) in [6.07, 6.45) is 7.02. The second-order valence-electron chi connectivity index (χ2n) is 6.59. The molecule has 1 unspecified atom stereocenters. The number of carbonyl (C=O) groups excluding carboxylic acids is 1. The Hall–Kier alpha value is -1.55. The molecule has 0 saturated heterocycles. The first-order chi connectivity index (χ1) is 10.8. The molecule has 1 aromatic rings. The van der Waals surface area contributed by atoms with Crippen molar-refractivity contribution in [3.63, 3.8) is 0 Å². The van der Waals surface area contributed by atoms with E-state index in [1.165, 1.54) is 24.8 Å². The zero-order chi connectivity index (χ0) is 15.4. The summed E-state index contributed by atoms with van der Waals surface area (Å²) in [5.74, 6) is 0.734. The van der Waals surface area contributed by atoms with Crippen LogP contribution in [0.5, 0.6) is 0 Å². The quantitative estimate of drug-likeness (QED) is 0.813. The molecule has 0 radical (unpaired) electrons. The van der Waals surface area contributed by atoms with Crippen molar-refractivity contribution in [1.82, 2.24) is 10.2 Å². The molecular formula is C18H26N2O2. The summed E-state index contributed by atoms with van der Waals surface area (Å²) in [5, 5.41) is 12.4. The third-order valence-electron chi connectivity index (χ3n) is 4.88. The highest BCUT2D eigenvalue weighted by Gasteiger charge is 2.33. The van der Waals surface area contributed by atoms with Crippen molar-refractivity contribution in [2.45, 2.75) is 50.6 Å². The van der Waals surface area contributed by atoms with Crippen LogP contribution in [-0.4, -0.2) is 35.2 Å². The zero-order valence-corrected chi connectivity index (χ0v) is 13.1. The normalized spacial score (nSPS) is 19.3. The van der Waals surface area contributed by atoms with Crippen molar-refractivity contribution in [2.75, 3.05) is 13.2 Å². The van der Waals surface area contributed by atoms with Crippen LogP contribution in [0.15, 0.2) is 30.3 Å². The highest BCUT2D eigenvalue weighted by atomic mass is 16.3. The van der Waals surface area contributed by atoms with Crippen LogP contribution in [0.3, 0.4) is 0 Å². The largest absolute Gasteiger partial charge is 0.395 e. The van der Waals surface area contributed by atoms with Crippen LogP contribution in [0.1, 0.15) is 50.1 Å². The SMILES string of the molecule is O=C(NC(CC1CCC1)c1ccccc1)N(CCO)C1CC1. The van der Waals surface area contributed by atoms with Crippen LogP contribution >= 0.6 is 0 Å². The fraction of sp³-hybridized carbons (Fsp3) is 0.611. The smallest absolute Gasteiger partial charge is 0.318 e. The van der Waals surface area contributed by atoms with Crippen LogP contribution in [0, 0.1) is 5.92 Å². The summed E-state index contributed by atoms with van der Waals surface area (Å²) in [4.78, 5) is 14.4. The average Bonchev–Trinajstić information content (AvgIpc) is 3.32. The lowest BCUT2D eigenvalue weighted by atomic mass is 9.79. The fourth-order valence-corrected chi connectivity index (χ4v) is 3.20. The first-order valence-electron chi connectivity index (χ1n) is 8.51. The number of benzene rings is 1. The third-order valence-corrected chi connectivity index (χ3v) is 4.88. The number of nitrogens with one attached hydrogen (secondary N) is 1. The van der Waals surface area contributed by atoms with Crippen molar-refractivity contribution >= 4 is 6.03 Å². The summed E-state index contributed by atoms with van der Waals surface area (Å²) in [6.45, 7) is 0.462. The molecule has 0 heterocycles. The van der Waals surface area contributed by atoms with Gasteiger partial charge in [0.05, 0.1) is 12.6 Å². The number of hydrogen-bond acceptors (Lipinski definition) is 2. The minimum atomic E-state index is -0.0234. The van der Waals surface area contributed by atoms with Gasteiger partial charge in [-0.2, -0.15) is 0 Å². The summed E-state index contributed by atoms with van der Waals surface area (Å²) in [7, 11) is 0. The number of carbonyl (C=O) groups is 1. The van der Waals surface area contributed by atoms with Crippen LogP contribution in [0.25, 0.3) is 0 Å². The first kappa shape index (κ1) is 15.3. The van der Waals surface area contributed by atoms with Crippen molar-refractivity contribution in [1.29, 1.82) is 0 Å². The number of urea groups is 1. The predicted molar refractivity (Wildman–Crippen MR) is 86.5 cm³/mol. The van der Waals surface area contributed by atoms with Crippen LogP contribution in [-0.2, 0) is 0 Å². The van der Waals surface area contributed by atoms with E-state index in [4.69, 9.17) is 0 Å². The summed E-state index contributed by atoms with van der Waals surface area (Å²) >= 11 is 0. The molecule has 22 heavy (non-hydrogen) atoms. The van der Waals surface area contributed by atoms with Crippen LogP contribution < -0.4 is 5.32 Å². The lowest BCUT2D eigenvalue weighted by molar-refractivity contribution is 0.166. The molecule has 4 nitrogen and oxygen atoms in total. The van der Waals surface area contributed by atoms with Crippen molar-refractivity contribution in [3.05, 3.63) is 35.9 Å². The van der Waals surface area contributed by atoms with Crippen LogP contribution in [0.4, 0.5) is 4.79 Å². The maximum Gasteiger partial charge on any atom is 0.318 e. The Balaban J connectivity index is 1.66. The Kier molecular flexibility index (Phi) is 4.98. The van der Waals surface area contributed by atoms with Crippen molar-refractivity contribution < 1.29 is 9.90 Å². The van der Waals surface area contributed by atoms with Gasteiger partial charge in [-0.3, -0.25) is 0 Å². The lowest BCUT2D eigenvalue weighted by Crippen LogP contribution is -2.44. The Bertz CT molecular complexity index is 483. The van der Waals surface area contributed by atoms with E-state index in [9.17, 15) is 9.90 Å². The van der Waals surface area contributed by atoms with Gasteiger partial charge in [0.2, 0.25) is 0 Å². The first-order valence-corrected chi connectivity index (χ1v) is 8.51. The van der Waals surface area contributed by atoms with Gasteiger partial charge in [0.15, 0.2) is 0 Å². The maximum absolute atomic E-state index is 12.6. The number of rotatable bonds is 7. The second-order valence-corrected chi connectivity index (χ2v) is 6.59. The number of aliphatic hydroxyl groups excluding tert-OH is 1. The molecule has 2 aliphatic carbocycles. The molecule has 1 aromatic carbocycles. The molecule has 2 saturated carbocycles. The van der Waals surface area contributed by atoms with E-state index in [2.05, 4.69) is 17.4 Å². The lowest BCUT2D eigenvalue weighted by Gasteiger charge is -2.32. The van der Waals surface area contributed by atoms with E-state index in [0.717, 1.165) is 25.2 Å². The number of amides is 2. The molecule has 2 aliphatic rings. The predicted octanol–water partition coefficient (Wildman–Crippen LogP) is 3.08. The van der Waals surface area contributed by atoms with Gasteiger partial charge in [-0.15, -0.1) is 0 Å². The molecule has 2 amide bonds. The van der Waals surface area contributed by atoms with E-state index in [1.54, 1.807) is 4.90 Å². The topological polar surface area (TPSA) is 52.6 Å².